The Labute approximate surface area is 124 Å². The fraction of sp³-hybridized carbons (Fsp3) is 0.714. The van der Waals surface area contributed by atoms with Gasteiger partial charge in [0.15, 0.2) is 0 Å². The molecule has 0 saturated carbocycles. The van der Waals surface area contributed by atoms with E-state index in [1.165, 1.54) is 4.88 Å². The van der Waals surface area contributed by atoms with Gasteiger partial charge in [-0.2, -0.15) is 0 Å². The number of carbonyl (C=O) groups excluding carboxylic acids is 1. The van der Waals surface area contributed by atoms with Gasteiger partial charge in [0, 0.05) is 17.6 Å². The van der Waals surface area contributed by atoms with Crippen LogP contribution in [-0.4, -0.2) is 28.3 Å². The molecule has 1 heterocycles. The van der Waals surface area contributed by atoms with Crippen molar-refractivity contribution in [3.63, 3.8) is 0 Å². The van der Waals surface area contributed by atoms with Gasteiger partial charge in [-0.25, -0.2) is 9.78 Å². The Kier molecular flexibility index (Phi) is 5.95. The van der Waals surface area contributed by atoms with Crippen LogP contribution in [0.25, 0.3) is 0 Å². The third-order valence-corrected chi connectivity index (χ3v) is 4.81. The maximum atomic E-state index is 11.8. The Morgan fingerprint density at radius 3 is 2.65 bits per heavy atom. The Morgan fingerprint density at radius 1 is 1.50 bits per heavy atom. The fourth-order valence-corrected chi connectivity index (χ4v) is 2.32. The van der Waals surface area contributed by atoms with Crippen LogP contribution in [0.3, 0.4) is 0 Å². The molecule has 0 spiro atoms. The lowest BCUT2D eigenvalue weighted by atomic mass is 9.93. The van der Waals surface area contributed by atoms with E-state index in [0.29, 0.717) is 0 Å². The molecule has 0 radical (unpaired) electrons. The van der Waals surface area contributed by atoms with Crippen molar-refractivity contribution in [2.45, 2.75) is 52.7 Å². The monoisotopic (exact) mass is 299 g/mol. The number of aromatic nitrogens is 1. The molecule has 5 nitrogen and oxygen atoms in total. The number of nitrogens with one attached hydrogen (secondary N) is 2. The summed E-state index contributed by atoms with van der Waals surface area (Å²) < 4.78 is 0. The summed E-state index contributed by atoms with van der Waals surface area (Å²) in [6, 6.07) is -0.420. The van der Waals surface area contributed by atoms with Crippen molar-refractivity contribution in [1.82, 2.24) is 15.6 Å². The highest BCUT2D eigenvalue weighted by Crippen LogP contribution is 2.20. The minimum atomic E-state index is -0.906. The molecule has 0 bridgehead atoms. The number of urea groups is 1. The van der Waals surface area contributed by atoms with Crippen molar-refractivity contribution >= 4 is 17.4 Å². The second kappa shape index (κ2) is 7.04. The summed E-state index contributed by atoms with van der Waals surface area (Å²) >= 11 is 1.61. The number of hydrogen-bond acceptors (Lipinski definition) is 4. The van der Waals surface area contributed by atoms with Gasteiger partial charge in [0.1, 0.15) is 5.01 Å². The van der Waals surface area contributed by atoms with Crippen molar-refractivity contribution in [2.75, 3.05) is 6.54 Å². The normalized spacial score (nSPS) is 15.8. The van der Waals surface area contributed by atoms with Gasteiger partial charge < -0.3 is 15.7 Å². The Balaban J connectivity index is 2.46. The average Bonchev–Trinajstić information content (AvgIpc) is 2.85. The highest BCUT2D eigenvalue weighted by atomic mass is 32.1. The van der Waals surface area contributed by atoms with E-state index in [0.717, 1.165) is 11.4 Å². The van der Waals surface area contributed by atoms with E-state index in [1.54, 1.807) is 18.3 Å². The molecule has 3 N–H and O–H groups in total. The van der Waals surface area contributed by atoms with Crippen LogP contribution >= 0.6 is 11.3 Å². The number of amides is 2. The quantitative estimate of drug-likeness (QED) is 0.755. The third-order valence-electron chi connectivity index (χ3n) is 3.49. The zero-order chi connectivity index (χ0) is 15.3. The molecule has 1 rings (SSSR count). The predicted octanol–water partition coefficient (Wildman–Crippen LogP) is 2.47. The molecule has 114 valence electrons. The lowest BCUT2D eigenvalue weighted by molar-refractivity contribution is 0.0165. The topological polar surface area (TPSA) is 74.2 Å². The van der Waals surface area contributed by atoms with Crippen molar-refractivity contribution in [3.8, 4) is 0 Å². The first-order chi connectivity index (χ1) is 9.26. The minimum Gasteiger partial charge on any atom is -0.388 e. The van der Waals surface area contributed by atoms with Crippen LogP contribution in [0.2, 0.25) is 0 Å². The lowest BCUT2D eigenvalue weighted by Gasteiger charge is -2.28. The molecular weight excluding hydrogens is 274 g/mol. The van der Waals surface area contributed by atoms with E-state index in [1.807, 2.05) is 27.0 Å². The van der Waals surface area contributed by atoms with Crippen molar-refractivity contribution in [1.29, 1.82) is 0 Å². The van der Waals surface area contributed by atoms with Crippen LogP contribution < -0.4 is 10.6 Å². The van der Waals surface area contributed by atoms with E-state index in [-0.39, 0.29) is 24.5 Å². The molecule has 2 amide bonds. The zero-order valence-corrected chi connectivity index (χ0v) is 13.7. The first-order valence-electron chi connectivity index (χ1n) is 6.97. The molecule has 0 aliphatic heterocycles. The standard InChI is InChI=1S/C14H25N3O2S/c1-6-11-7-15-12(20-11)10(4)17-13(18)16-8-14(5,19)9(2)3/h7,9-10,19H,6,8H2,1-5H3,(H2,16,17,18). The van der Waals surface area contributed by atoms with E-state index in [4.69, 9.17) is 0 Å². The molecule has 0 saturated heterocycles. The number of aryl methyl sites for hydroxylation is 1. The van der Waals surface area contributed by atoms with Crippen LogP contribution in [0.5, 0.6) is 0 Å². The maximum Gasteiger partial charge on any atom is 0.315 e. The molecule has 6 heteroatoms. The van der Waals surface area contributed by atoms with Gasteiger partial charge in [0.05, 0.1) is 11.6 Å². The van der Waals surface area contributed by atoms with E-state index in [2.05, 4.69) is 22.5 Å². The van der Waals surface area contributed by atoms with E-state index >= 15 is 0 Å². The Hall–Kier alpha value is -1.14. The zero-order valence-electron chi connectivity index (χ0n) is 12.9. The second-order valence-electron chi connectivity index (χ2n) is 5.58. The van der Waals surface area contributed by atoms with Crippen molar-refractivity contribution < 1.29 is 9.90 Å². The van der Waals surface area contributed by atoms with Crippen molar-refractivity contribution in [2.24, 2.45) is 5.92 Å². The Morgan fingerprint density at radius 2 is 2.15 bits per heavy atom. The van der Waals surface area contributed by atoms with Crippen LogP contribution in [0.15, 0.2) is 6.20 Å². The summed E-state index contributed by atoms with van der Waals surface area (Å²) in [5.74, 6) is 0.0753. The molecule has 0 aliphatic carbocycles. The molecule has 20 heavy (non-hydrogen) atoms. The predicted molar refractivity (Wildman–Crippen MR) is 81.9 cm³/mol. The van der Waals surface area contributed by atoms with Crippen LogP contribution in [0.1, 0.15) is 50.5 Å². The molecular formula is C14H25N3O2S. The summed E-state index contributed by atoms with van der Waals surface area (Å²) in [7, 11) is 0. The first kappa shape index (κ1) is 16.9. The highest BCUT2D eigenvalue weighted by Gasteiger charge is 2.25. The molecule has 1 aromatic rings. The van der Waals surface area contributed by atoms with E-state index < -0.39 is 5.60 Å². The maximum absolute atomic E-state index is 11.8. The molecule has 2 unspecified atom stereocenters. The summed E-state index contributed by atoms with van der Waals surface area (Å²) in [6.07, 6.45) is 2.80. The number of carbonyl (C=O) groups is 1. The van der Waals surface area contributed by atoms with Crippen LogP contribution in [-0.2, 0) is 6.42 Å². The lowest BCUT2D eigenvalue weighted by Crippen LogP contribution is -2.47. The molecule has 0 aliphatic rings. The van der Waals surface area contributed by atoms with Gasteiger partial charge in [0.25, 0.3) is 0 Å². The van der Waals surface area contributed by atoms with E-state index in [9.17, 15) is 9.90 Å². The summed E-state index contributed by atoms with van der Waals surface area (Å²) in [5, 5.41) is 16.5. The number of aliphatic hydroxyl groups is 1. The SMILES string of the molecule is CCc1cnc(C(C)NC(=O)NCC(C)(O)C(C)C)s1. The second-order valence-corrected chi connectivity index (χ2v) is 6.73. The van der Waals surface area contributed by atoms with Gasteiger partial charge >= 0.3 is 6.03 Å². The molecule has 1 aromatic heterocycles. The van der Waals surface area contributed by atoms with Crippen LogP contribution in [0.4, 0.5) is 4.79 Å². The van der Waals surface area contributed by atoms with Crippen LogP contribution in [0, 0.1) is 5.92 Å². The highest BCUT2D eigenvalue weighted by molar-refractivity contribution is 7.11. The van der Waals surface area contributed by atoms with Gasteiger partial charge in [-0.3, -0.25) is 0 Å². The molecule has 2 atom stereocenters. The van der Waals surface area contributed by atoms with Gasteiger partial charge in [-0.05, 0) is 26.2 Å². The minimum absolute atomic E-state index is 0.0753. The van der Waals surface area contributed by atoms with Gasteiger partial charge in [0.2, 0.25) is 0 Å². The average molecular weight is 299 g/mol. The van der Waals surface area contributed by atoms with Gasteiger partial charge in [-0.1, -0.05) is 20.8 Å². The largest absolute Gasteiger partial charge is 0.388 e. The summed E-state index contributed by atoms with van der Waals surface area (Å²) in [6.45, 7) is 9.76. The van der Waals surface area contributed by atoms with Gasteiger partial charge in [-0.15, -0.1) is 11.3 Å². The Bertz CT molecular complexity index is 443. The van der Waals surface area contributed by atoms with Crippen molar-refractivity contribution in [3.05, 3.63) is 16.1 Å². The number of thiazole rings is 1. The molecule has 0 aromatic carbocycles. The third kappa shape index (κ3) is 4.76. The number of rotatable bonds is 6. The molecule has 0 fully saturated rings. The smallest absolute Gasteiger partial charge is 0.315 e. The number of hydrogen-bond donors (Lipinski definition) is 3. The summed E-state index contributed by atoms with van der Waals surface area (Å²) in [4.78, 5) is 17.3. The first-order valence-corrected chi connectivity index (χ1v) is 7.79. The fourth-order valence-electron chi connectivity index (χ4n) is 1.46. The summed E-state index contributed by atoms with van der Waals surface area (Å²) in [5.41, 5.74) is -0.906. The number of nitrogens with zero attached hydrogens (tertiary/aromatic N) is 1.